The third-order valence-corrected chi connectivity index (χ3v) is 3.34. The van der Waals surface area contributed by atoms with Crippen molar-refractivity contribution in [3.05, 3.63) is 18.2 Å². The summed E-state index contributed by atoms with van der Waals surface area (Å²) in [7, 11) is -0.810. The first-order chi connectivity index (χ1) is 5.96. The Labute approximate surface area is 78.3 Å². The zero-order chi connectivity index (χ0) is 10.1. The van der Waals surface area contributed by atoms with E-state index in [-0.39, 0.29) is 0 Å². The monoisotopic (exact) mass is 199 g/mol. The fourth-order valence-corrected chi connectivity index (χ4v) is 2.67. The molecular weight excluding hydrogens is 185 g/mol. The van der Waals surface area contributed by atoms with E-state index >= 15 is 0 Å². The van der Waals surface area contributed by atoms with Crippen LogP contribution in [-0.4, -0.2) is 20.4 Å². The van der Waals surface area contributed by atoms with E-state index in [1.807, 2.05) is 0 Å². The van der Waals surface area contributed by atoms with Crippen LogP contribution in [-0.2, 0) is 4.57 Å². The highest BCUT2D eigenvalue weighted by Crippen LogP contribution is 2.40. The lowest BCUT2D eigenvalue weighted by atomic mass is 10.3. The Bertz CT molecular complexity index is 357. The van der Waals surface area contributed by atoms with Crippen molar-refractivity contribution >= 4 is 18.1 Å². The van der Waals surface area contributed by atoms with E-state index in [2.05, 4.69) is 0 Å². The Morgan fingerprint density at radius 1 is 1.38 bits per heavy atom. The first-order valence-electron chi connectivity index (χ1n) is 3.95. The van der Waals surface area contributed by atoms with Crippen LogP contribution < -0.4 is 15.8 Å². The van der Waals surface area contributed by atoms with Gasteiger partial charge in [0, 0.05) is 5.69 Å². The van der Waals surface area contributed by atoms with Crippen molar-refractivity contribution < 1.29 is 9.30 Å². The highest BCUT2D eigenvalue weighted by Gasteiger charge is 2.19. The molecule has 3 nitrogen and oxygen atoms in total. The number of methoxy groups -OCH3 is 1. The van der Waals surface area contributed by atoms with Gasteiger partial charge < -0.3 is 15.0 Å². The fraction of sp³-hybridized carbons (Fsp3) is 0.333. The summed E-state index contributed by atoms with van der Waals surface area (Å²) >= 11 is 0. The summed E-state index contributed by atoms with van der Waals surface area (Å²) in [4.78, 5) is 0. The molecule has 4 heteroatoms. The number of nitrogen functional groups attached to an aromatic ring is 1. The van der Waals surface area contributed by atoms with Crippen molar-refractivity contribution in [3.8, 4) is 5.75 Å². The van der Waals surface area contributed by atoms with Gasteiger partial charge in [0.05, 0.1) is 12.4 Å². The molecule has 0 aromatic heterocycles. The van der Waals surface area contributed by atoms with E-state index in [1.165, 1.54) is 0 Å². The van der Waals surface area contributed by atoms with Crippen molar-refractivity contribution in [2.45, 2.75) is 0 Å². The average molecular weight is 199 g/mol. The largest absolute Gasteiger partial charge is 0.496 e. The lowest BCUT2D eigenvalue weighted by Gasteiger charge is -2.14. The van der Waals surface area contributed by atoms with Crippen molar-refractivity contribution in [1.82, 2.24) is 0 Å². The Kier molecular flexibility index (Phi) is 2.67. The minimum Gasteiger partial charge on any atom is -0.496 e. The molecule has 0 fully saturated rings. The molecule has 0 saturated carbocycles. The van der Waals surface area contributed by atoms with Crippen LogP contribution in [0.15, 0.2) is 18.2 Å². The maximum absolute atomic E-state index is 11.9. The highest BCUT2D eigenvalue weighted by atomic mass is 31.2. The second-order valence-corrected chi connectivity index (χ2v) is 6.40. The lowest BCUT2D eigenvalue weighted by molar-refractivity contribution is 0.418. The molecule has 1 aromatic carbocycles. The molecule has 0 unspecified atom stereocenters. The summed E-state index contributed by atoms with van der Waals surface area (Å²) in [5, 5.41) is 0.637. The lowest BCUT2D eigenvalue weighted by Crippen LogP contribution is -2.12. The number of anilines is 1. The van der Waals surface area contributed by atoms with Gasteiger partial charge in [0.15, 0.2) is 0 Å². The molecule has 0 aliphatic heterocycles. The molecule has 0 aliphatic rings. The minimum atomic E-state index is -2.36. The molecule has 1 aromatic rings. The number of hydrogen-bond acceptors (Lipinski definition) is 3. The van der Waals surface area contributed by atoms with E-state index in [4.69, 9.17) is 10.5 Å². The normalized spacial score (nSPS) is 11.3. The number of ether oxygens (including phenoxy) is 1. The van der Waals surface area contributed by atoms with Crippen molar-refractivity contribution in [1.29, 1.82) is 0 Å². The predicted octanol–water partition coefficient (Wildman–Crippen LogP) is 1.53. The molecule has 2 N–H and O–H groups in total. The van der Waals surface area contributed by atoms with Crippen LogP contribution in [0.25, 0.3) is 0 Å². The maximum atomic E-state index is 11.9. The Morgan fingerprint density at radius 3 is 2.38 bits per heavy atom. The molecule has 0 amide bonds. The predicted molar refractivity (Wildman–Crippen MR) is 56.5 cm³/mol. The number of rotatable bonds is 2. The number of hydrogen-bond donors (Lipinski definition) is 1. The van der Waals surface area contributed by atoms with Crippen LogP contribution in [0.2, 0.25) is 0 Å². The standard InChI is InChI=1S/C9H14NO2P/c1-12-8-6-4-5-7(10)9(8)13(2,3)11/h4-6H,10H2,1-3H3. The minimum absolute atomic E-state index is 0.535. The molecule has 13 heavy (non-hydrogen) atoms. The van der Waals surface area contributed by atoms with Crippen LogP contribution in [0.5, 0.6) is 5.75 Å². The molecular formula is C9H14NO2P. The summed E-state index contributed by atoms with van der Waals surface area (Å²) in [6.07, 6.45) is 0. The molecule has 0 heterocycles. The average Bonchev–Trinajstić information content (AvgIpc) is 2.01. The van der Waals surface area contributed by atoms with Crippen molar-refractivity contribution in [2.75, 3.05) is 26.2 Å². The summed E-state index contributed by atoms with van der Waals surface area (Å²) < 4.78 is 17.0. The summed E-state index contributed by atoms with van der Waals surface area (Å²) in [5.41, 5.74) is 6.27. The van der Waals surface area contributed by atoms with Crippen molar-refractivity contribution in [2.24, 2.45) is 0 Å². The zero-order valence-corrected chi connectivity index (χ0v) is 8.97. The Morgan fingerprint density at radius 2 is 2.00 bits per heavy atom. The summed E-state index contributed by atoms with van der Waals surface area (Å²) in [6, 6.07) is 5.29. The molecule has 0 atom stereocenters. The molecule has 0 radical (unpaired) electrons. The van der Waals surface area contributed by atoms with Gasteiger partial charge in [-0.1, -0.05) is 6.07 Å². The smallest absolute Gasteiger partial charge is 0.131 e. The van der Waals surface area contributed by atoms with Gasteiger partial charge in [-0.2, -0.15) is 0 Å². The van der Waals surface area contributed by atoms with Crippen LogP contribution in [0.4, 0.5) is 5.69 Å². The molecule has 1 rings (SSSR count). The van der Waals surface area contributed by atoms with Crippen LogP contribution in [0, 0.1) is 0 Å². The summed E-state index contributed by atoms with van der Waals surface area (Å²) in [6.45, 7) is 3.36. The van der Waals surface area contributed by atoms with E-state index in [9.17, 15) is 4.57 Å². The van der Waals surface area contributed by atoms with Gasteiger partial charge in [-0.25, -0.2) is 0 Å². The van der Waals surface area contributed by atoms with Crippen LogP contribution in [0.3, 0.4) is 0 Å². The van der Waals surface area contributed by atoms with E-state index in [0.717, 1.165) is 0 Å². The van der Waals surface area contributed by atoms with Gasteiger partial charge in [-0.05, 0) is 25.5 Å². The van der Waals surface area contributed by atoms with Gasteiger partial charge in [0.25, 0.3) is 0 Å². The van der Waals surface area contributed by atoms with Gasteiger partial charge in [-0.3, -0.25) is 0 Å². The second-order valence-electron chi connectivity index (χ2n) is 3.25. The number of benzene rings is 1. The van der Waals surface area contributed by atoms with Gasteiger partial charge in [0.2, 0.25) is 0 Å². The van der Waals surface area contributed by atoms with Gasteiger partial charge in [0.1, 0.15) is 12.9 Å². The Balaban J connectivity index is 3.41. The molecule has 0 saturated heterocycles. The van der Waals surface area contributed by atoms with Crippen LogP contribution >= 0.6 is 7.14 Å². The molecule has 0 aliphatic carbocycles. The first kappa shape index (κ1) is 10.1. The van der Waals surface area contributed by atoms with E-state index < -0.39 is 7.14 Å². The fourth-order valence-electron chi connectivity index (χ4n) is 1.28. The third kappa shape index (κ3) is 2.04. The second kappa shape index (κ2) is 3.43. The van der Waals surface area contributed by atoms with Gasteiger partial charge in [-0.15, -0.1) is 0 Å². The van der Waals surface area contributed by atoms with E-state index in [1.54, 1.807) is 38.6 Å². The Hall–Kier alpha value is -0.950. The quantitative estimate of drug-likeness (QED) is 0.580. The molecule has 72 valence electrons. The van der Waals surface area contributed by atoms with Crippen LogP contribution in [0.1, 0.15) is 0 Å². The van der Waals surface area contributed by atoms with Gasteiger partial charge >= 0.3 is 0 Å². The SMILES string of the molecule is COc1cccc(N)c1P(C)(C)=O. The first-order valence-corrected chi connectivity index (χ1v) is 6.55. The zero-order valence-electron chi connectivity index (χ0n) is 8.07. The molecule has 0 bridgehead atoms. The third-order valence-electron chi connectivity index (χ3n) is 1.79. The topological polar surface area (TPSA) is 52.3 Å². The highest BCUT2D eigenvalue weighted by molar-refractivity contribution is 7.70. The van der Waals surface area contributed by atoms with E-state index in [0.29, 0.717) is 16.7 Å². The molecule has 0 spiro atoms. The van der Waals surface area contributed by atoms with Crippen molar-refractivity contribution in [3.63, 3.8) is 0 Å². The number of nitrogens with two attached hydrogens (primary N) is 1. The summed E-state index contributed by atoms with van der Waals surface area (Å²) in [5.74, 6) is 0.605. The maximum Gasteiger partial charge on any atom is 0.131 e.